The topological polar surface area (TPSA) is 47.6 Å². The van der Waals surface area contributed by atoms with E-state index in [9.17, 15) is 4.39 Å². The minimum atomic E-state index is -0.524. The molecule has 15 heavy (non-hydrogen) atoms. The molecule has 0 radical (unpaired) electrons. The van der Waals surface area contributed by atoms with Crippen LogP contribution in [0.1, 0.15) is 12.5 Å². The quantitative estimate of drug-likeness (QED) is 0.682. The summed E-state index contributed by atoms with van der Waals surface area (Å²) in [6, 6.07) is 7.60. The Kier molecular flexibility index (Phi) is 3.44. The summed E-state index contributed by atoms with van der Waals surface area (Å²) in [6.07, 6.45) is 0. The first-order valence-electron chi connectivity index (χ1n) is 4.06. The van der Waals surface area contributed by atoms with E-state index in [0.717, 1.165) is 0 Å². The number of benzene rings is 1. The number of hydrogen-bond acceptors (Lipinski definition) is 2. The van der Waals surface area contributed by atoms with Gasteiger partial charge in [-0.2, -0.15) is 10.5 Å². The monoisotopic (exact) mass is 220 g/mol. The fourth-order valence-corrected chi connectivity index (χ4v) is 1.25. The molecule has 0 atom stereocenters. The smallest absolute Gasteiger partial charge is 0.141 e. The summed E-state index contributed by atoms with van der Waals surface area (Å²) in [5.74, 6) is -0.524. The number of rotatable bonds is 1. The molecule has 0 bridgehead atoms. The van der Waals surface area contributed by atoms with E-state index < -0.39 is 5.82 Å². The number of hydrogen-bond donors (Lipinski definition) is 0. The van der Waals surface area contributed by atoms with Gasteiger partial charge in [-0.25, -0.2) is 4.39 Å². The fraction of sp³-hybridized carbons (Fsp3) is 0.0909. The van der Waals surface area contributed by atoms with E-state index in [1.807, 2.05) is 0 Å². The molecular weight excluding hydrogens is 215 g/mol. The Balaban J connectivity index is 3.32. The van der Waals surface area contributed by atoms with Crippen molar-refractivity contribution in [2.75, 3.05) is 0 Å². The van der Waals surface area contributed by atoms with Crippen LogP contribution in [0, 0.1) is 28.5 Å². The number of allylic oxidation sites excluding steroid dienone is 2. The van der Waals surface area contributed by atoms with Crippen LogP contribution in [-0.2, 0) is 0 Å². The number of nitriles is 2. The zero-order valence-electron chi connectivity index (χ0n) is 7.88. The molecule has 0 aromatic heterocycles. The molecule has 1 aromatic rings. The Hall–Kier alpha value is -1.84. The van der Waals surface area contributed by atoms with Crippen molar-refractivity contribution in [1.82, 2.24) is 0 Å². The summed E-state index contributed by atoms with van der Waals surface area (Å²) in [6.45, 7) is 1.62. The molecule has 0 unspecified atom stereocenters. The molecule has 74 valence electrons. The third kappa shape index (κ3) is 2.34. The highest BCUT2D eigenvalue weighted by Gasteiger charge is 2.06. The first kappa shape index (κ1) is 11.2. The first-order chi connectivity index (χ1) is 7.10. The van der Waals surface area contributed by atoms with Gasteiger partial charge in [0, 0.05) is 0 Å². The lowest BCUT2D eigenvalue weighted by Crippen LogP contribution is -1.86. The van der Waals surface area contributed by atoms with Gasteiger partial charge in [0.25, 0.3) is 0 Å². The van der Waals surface area contributed by atoms with Crippen molar-refractivity contribution in [2.45, 2.75) is 6.92 Å². The zero-order valence-corrected chi connectivity index (χ0v) is 8.64. The lowest BCUT2D eigenvalue weighted by atomic mass is 10.0. The molecule has 0 N–H and O–H groups in total. The molecule has 0 saturated carbocycles. The van der Waals surface area contributed by atoms with E-state index in [-0.39, 0.29) is 10.6 Å². The van der Waals surface area contributed by atoms with E-state index in [4.69, 9.17) is 22.1 Å². The third-order valence-corrected chi connectivity index (χ3v) is 2.24. The highest BCUT2D eigenvalue weighted by atomic mass is 35.5. The Bertz CT molecular complexity index is 490. The molecule has 2 nitrogen and oxygen atoms in total. The summed E-state index contributed by atoms with van der Waals surface area (Å²) in [5, 5.41) is 17.3. The van der Waals surface area contributed by atoms with Crippen LogP contribution in [0.15, 0.2) is 23.8 Å². The Morgan fingerprint density at radius 1 is 1.33 bits per heavy atom. The molecule has 4 heteroatoms. The maximum Gasteiger partial charge on any atom is 0.141 e. The average molecular weight is 221 g/mol. The molecule has 0 aliphatic rings. The van der Waals surface area contributed by atoms with Gasteiger partial charge in [0.1, 0.15) is 23.5 Å². The Labute approximate surface area is 91.8 Å². The van der Waals surface area contributed by atoms with Crippen molar-refractivity contribution >= 4 is 17.2 Å². The second kappa shape index (κ2) is 4.59. The van der Waals surface area contributed by atoms with Crippen LogP contribution in [-0.4, -0.2) is 0 Å². The summed E-state index contributed by atoms with van der Waals surface area (Å²) in [5.41, 5.74) is 1.05. The van der Waals surface area contributed by atoms with Crippen LogP contribution in [0.25, 0.3) is 5.57 Å². The van der Waals surface area contributed by atoms with E-state index in [1.165, 1.54) is 18.2 Å². The van der Waals surface area contributed by atoms with Crippen LogP contribution < -0.4 is 0 Å². The van der Waals surface area contributed by atoms with Gasteiger partial charge in [-0.15, -0.1) is 0 Å². The van der Waals surface area contributed by atoms with Gasteiger partial charge in [0.2, 0.25) is 0 Å². The second-order valence-corrected chi connectivity index (χ2v) is 3.26. The number of halogens is 2. The average Bonchev–Trinajstić information content (AvgIpc) is 2.23. The van der Waals surface area contributed by atoms with E-state index in [1.54, 1.807) is 19.1 Å². The maximum absolute atomic E-state index is 12.8. The molecule has 1 rings (SSSR count). The van der Waals surface area contributed by atoms with Gasteiger partial charge in [-0.1, -0.05) is 17.7 Å². The van der Waals surface area contributed by atoms with Crippen molar-refractivity contribution < 1.29 is 4.39 Å². The van der Waals surface area contributed by atoms with Gasteiger partial charge >= 0.3 is 0 Å². The Morgan fingerprint density at radius 3 is 2.40 bits per heavy atom. The lowest BCUT2D eigenvalue weighted by molar-refractivity contribution is 0.628. The highest BCUT2D eigenvalue weighted by Crippen LogP contribution is 2.23. The third-order valence-electron chi connectivity index (χ3n) is 1.95. The van der Waals surface area contributed by atoms with Crippen molar-refractivity contribution in [3.63, 3.8) is 0 Å². The van der Waals surface area contributed by atoms with Crippen molar-refractivity contribution in [1.29, 1.82) is 10.5 Å². The standard InChI is InChI=1S/C11H6ClFN2/c1-7(9(5-14)6-15)8-2-3-11(13)10(12)4-8/h2-4H,1H3. The summed E-state index contributed by atoms with van der Waals surface area (Å²) < 4.78 is 12.8. The van der Waals surface area contributed by atoms with Crippen molar-refractivity contribution in [3.05, 3.63) is 40.2 Å². The van der Waals surface area contributed by atoms with E-state index in [0.29, 0.717) is 11.1 Å². The normalized spacial score (nSPS) is 8.87. The van der Waals surface area contributed by atoms with Crippen LogP contribution in [0.4, 0.5) is 4.39 Å². The molecule has 0 heterocycles. The van der Waals surface area contributed by atoms with Crippen LogP contribution in [0.5, 0.6) is 0 Å². The molecule has 0 fully saturated rings. The largest absolute Gasteiger partial charge is 0.205 e. The lowest BCUT2D eigenvalue weighted by Gasteiger charge is -2.02. The summed E-state index contributed by atoms with van der Waals surface area (Å²) >= 11 is 5.59. The van der Waals surface area contributed by atoms with Crippen LogP contribution in [0.2, 0.25) is 5.02 Å². The second-order valence-electron chi connectivity index (χ2n) is 2.85. The van der Waals surface area contributed by atoms with Gasteiger partial charge in [-0.05, 0) is 30.2 Å². The van der Waals surface area contributed by atoms with Crippen molar-refractivity contribution in [2.24, 2.45) is 0 Å². The molecule has 1 aromatic carbocycles. The molecule has 0 aliphatic heterocycles. The van der Waals surface area contributed by atoms with Gasteiger partial charge in [-0.3, -0.25) is 0 Å². The predicted octanol–water partition coefficient (Wildman–Crippen LogP) is 3.30. The van der Waals surface area contributed by atoms with E-state index in [2.05, 4.69) is 0 Å². The molecular formula is C11H6ClFN2. The molecule has 0 saturated heterocycles. The van der Waals surface area contributed by atoms with Gasteiger partial charge in [0.15, 0.2) is 0 Å². The van der Waals surface area contributed by atoms with Crippen LogP contribution >= 0.6 is 11.6 Å². The van der Waals surface area contributed by atoms with Gasteiger partial charge in [0.05, 0.1) is 5.02 Å². The number of nitrogens with zero attached hydrogens (tertiary/aromatic N) is 2. The minimum absolute atomic E-state index is 0.00215. The zero-order chi connectivity index (χ0) is 11.4. The van der Waals surface area contributed by atoms with Crippen molar-refractivity contribution in [3.8, 4) is 12.1 Å². The SMILES string of the molecule is CC(=C(C#N)C#N)c1ccc(F)c(Cl)c1. The fourth-order valence-electron chi connectivity index (χ4n) is 1.07. The Morgan fingerprint density at radius 2 is 1.93 bits per heavy atom. The van der Waals surface area contributed by atoms with E-state index >= 15 is 0 Å². The maximum atomic E-state index is 12.8. The summed E-state index contributed by atoms with van der Waals surface area (Å²) in [4.78, 5) is 0. The predicted molar refractivity (Wildman–Crippen MR) is 55.2 cm³/mol. The molecule has 0 amide bonds. The van der Waals surface area contributed by atoms with Gasteiger partial charge < -0.3 is 0 Å². The minimum Gasteiger partial charge on any atom is -0.205 e. The summed E-state index contributed by atoms with van der Waals surface area (Å²) in [7, 11) is 0. The molecule has 0 aliphatic carbocycles. The highest BCUT2D eigenvalue weighted by molar-refractivity contribution is 6.30. The molecule has 0 spiro atoms. The van der Waals surface area contributed by atoms with Crippen LogP contribution in [0.3, 0.4) is 0 Å². The first-order valence-corrected chi connectivity index (χ1v) is 4.44.